The smallest absolute Gasteiger partial charge is 0.307 e. The minimum absolute atomic E-state index is 0.127. The molecular formula is C16H18N2O4. The number of carbonyl (C=O) groups excluding carboxylic acids is 2. The van der Waals surface area contributed by atoms with Crippen LogP contribution in [0.15, 0.2) is 30.3 Å². The van der Waals surface area contributed by atoms with Crippen LogP contribution >= 0.6 is 0 Å². The van der Waals surface area contributed by atoms with Crippen molar-refractivity contribution in [3.8, 4) is 0 Å². The highest BCUT2D eigenvalue weighted by Crippen LogP contribution is 2.39. The highest BCUT2D eigenvalue weighted by molar-refractivity contribution is 6.00. The Bertz CT molecular complexity index is 601. The number of anilines is 1. The van der Waals surface area contributed by atoms with Gasteiger partial charge in [-0.05, 0) is 31.4 Å². The topological polar surface area (TPSA) is 86.7 Å². The Kier molecular flexibility index (Phi) is 3.83. The first-order chi connectivity index (χ1) is 10.6. The first-order valence-electron chi connectivity index (χ1n) is 7.47. The third-order valence-corrected chi connectivity index (χ3v) is 4.27. The van der Waals surface area contributed by atoms with Crippen LogP contribution in [0.2, 0.25) is 0 Å². The van der Waals surface area contributed by atoms with Gasteiger partial charge in [0, 0.05) is 12.2 Å². The number of amides is 2. The molecule has 1 aromatic rings. The maximum absolute atomic E-state index is 12.5. The Balaban J connectivity index is 1.64. The van der Waals surface area contributed by atoms with E-state index in [0.29, 0.717) is 19.4 Å². The Morgan fingerprint density at radius 2 is 1.91 bits per heavy atom. The quantitative estimate of drug-likeness (QED) is 0.869. The van der Waals surface area contributed by atoms with E-state index in [9.17, 15) is 14.4 Å². The zero-order chi connectivity index (χ0) is 15.7. The summed E-state index contributed by atoms with van der Waals surface area (Å²) in [5, 5.41) is 11.6. The summed E-state index contributed by atoms with van der Waals surface area (Å²) < 4.78 is 0. The summed E-state index contributed by atoms with van der Waals surface area (Å²) >= 11 is 0. The van der Waals surface area contributed by atoms with Gasteiger partial charge >= 0.3 is 5.97 Å². The third kappa shape index (κ3) is 2.81. The summed E-state index contributed by atoms with van der Waals surface area (Å²) in [5.74, 6) is -2.47. The second-order valence-electron chi connectivity index (χ2n) is 5.82. The van der Waals surface area contributed by atoms with Crippen LogP contribution in [-0.4, -0.2) is 35.5 Å². The van der Waals surface area contributed by atoms with E-state index in [1.807, 2.05) is 30.3 Å². The molecular weight excluding hydrogens is 284 g/mol. The number of carbonyl (C=O) groups is 3. The molecule has 1 saturated heterocycles. The summed E-state index contributed by atoms with van der Waals surface area (Å²) in [6.45, 7) is 0.635. The molecule has 22 heavy (non-hydrogen) atoms. The monoisotopic (exact) mass is 302 g/mol. The van der Waals surface area contributed by atoms with E-state index in [1.165, 1.54) is 0 Å². The number of rotatable bonds is 4. The second kappa shape index (κ2) is 5.79. The fourth-order valence-electron chi connectivity index (χ4n) is 2.91. The molecule has 1 heterocycles. The molecule has 2 aliphatic rings. The Morgan fingerprint density at radius 1 is 1.18 bits per heavy atom. The van der Waals surface area contributed by atoms with Gasteiger partial charge < -0.3 is 15.3 Å². The molecule has 2 N–H and O–H groups in total. The van der Waals surface area contributed by atoms with Gasteiger partial charge in [0.05, 0.1) is 11.8 Å². The van der Waals surface area contributed by atoms with E-state index >= 15 is 0 Å². The summed E-state index contributed by atoms with van der Waals surface area (Å²) in [5.41, 5.74) is 0.821. The predicted octanol–water partition coefficient (Wildman–Crippen LogP) is 1.02. The van der Waals surface area contributed by atoms with Crippen LogP contribution < -0.4 is 10.2 Å². The molecule has 1 aromatic carbocycles. The summed E-state index contributed by atoms with van der Waals surface area (Å²) in [7, 11) is 0. The van der Waals surface area contributed by atoms with Crippen LogP contribution in [0.5, 0.6) is 0 Å². The Morgan fingerprint density at radius 3 is 2.55 bits per heavy atom. The minimum Gasteiger partial charge on any atom is -0.481 e. The standard InChI is InChI=1S/C16H18N2O4/c19-14(11-9-12(11)16(21)22)17-13-7-4-8-18(15(13)20)10-5-2-1-3-6-10/h1-3,5-6,11-13H,4,7-9H2,(H,17,19)(H,21,22)/t11-,12+,13+/m0/s1. The SMILES string of the molecule is O=C(N[C@@H]1CCCN(c2ccccc2)C1=O)[C@H]1C[C@H]1C(=O)O. The van der Waals surface area contributed by atoms with Crippen LogP contribution in [0.4, 0.5) is 5.69 Å². The largest absolute Gasteiger partial charge is 0.481 e. The van der Waals surface area contributed by atoms with Gasteiger partial charge in [0.2, 0.25) is 11.8 Å². The molecule has 0 aromatic heterocycles. The van der Waals surface area contributed by atoms with E-state index in [0.717, 1.165) is 12.1 Å². The van der Waals surface area contributed by atoms with Crippen molar-refractivity contribution in [1.82, 2.24) is 5.32 Å². The molecule has 2 amide bonds. The average Bonchev–Trinajstić information content (AvgIpc) is 3.31. The average molecular weight is 302 g/mol. The van der Waals surface area contributed by atoms with Gasteiger partial charge in [-0.1, -0.05) is 18.2 Å². The minimum atomic E-state index is -0.943. The first kappa shape index (κ1) is 14.6. The second-order valence-corrected chi connectivity index (χ2v) is 5.82. The molecule has 3 rings (SSSR count). The number of carboxylic acid groups (broad SMARTS) is 1. The number of hydrogen-bond donors (Lipinski definition) is 2. The van der Waals surface area contributed by atoms with Gasteiger partial charge in [-0.2, -0.15) is 0 Å². The van der Waals surface area contributed by atoms with Gasteiger partial charge in [0.25, 0.3) is 0 Å². The predicted molar refractivity (Wildman–Crippen MR) is 79.2 cm³/mol. The van der Waals surface area contributed by atoms with Crippen molar-refractivity contribution >= 4 is 23.5 Å². The number of para-hydroxylation sites is 1. The van der Waals surface area contributed by atoms with Crippen LogP contribution in [0.25, 0.3) is 0 Å². The van der Waals surface area contributed by atoms with Gasteiger partial charge in [0.1, 0.15) is 6.04 Å². The van der Waals surface area contributed by atoms with Crippen molar-refractivity contribution in [2.45, 2.75) is 25.3 Å². The Hall–Kier alpha value is -2.37. The van der Waals surface area contributed by atoms with E-state index < -0.39 is 23.8 Å². The molecule has 0 radical (unpaired) electrons. The maximum atomic E-state index is 12.5. The van der Waals surface area contributed by atoms with Gasteiger partial charge in [-0.25, -0.2) is 0 Å². The van der Waals surface area contributed by atoms with Gasteiger partial charge in [-0.3, -0.25) is 14.4 Å². The fourth-order valence-corrected chi connectivity index (χ4v) is 2.91. The number of benzene rings is 1. The highest BCUT2D eigenvalue weighted by atomic mass is 16.4. The lowest BCUT2D eigenvalue weighted by Gasteiger charge is -2.32. The van der Waals surface area contributed by atoms with Crippen molar-refractivity contribution in [2.24, 2.45) is 11.8 Å². The van der Waals surface area contributed by atoms with E-state index in [-0.39, 0.29) is 11.8 Å². The zero-order valence-electron chi connectivity index (χ0n) is 12.1. The molecule has 6 nitrogen and oxygen atoms in total. The molecule has 1 saturated carbocycles. The third-order valence-electron chi connectivity index (χ3n) is 4.27. The molecule has 6 heteroatoms. The zero-order valence-corrected chi connectivity index (χ0v) is 12.1. The van der Waals surface area contributed by atoms with Gasteiger partial charge in [0.15, 0.2) is 0 Å². The van der Waals surface area contributed by atoms with Crippen molar-refractivity contribution in [3.63, 3.8) is 0 Å². The lowest BCUT2D eigenvalue weighted by Crippen LogP contribution is -2.52. The number of carboxylic acids is 1. The first-order valence-corrected chi connectivity index (χ1v) is 7.47. The van der Waals surface area contributed by atoms with E-state index in [1.54, 1.807) is 4.90 Å². The molecule has 3 atom stereocenters. The van der Waals surface area contributed by atoms with E-state index in [4.69, 9.17) is 5.11 Å². The van der Waals surface area contributed by atoms with Crippen LogP contribution in [0, 0.1) is 11.8 Å². The Labute approximate surface area is 128 Å². The number of aliphatic carboxylic acids is 1. The van der Waals surface area contributed by atoms with Crippen molar-refractivity contribution in [2.75, 3.05) is 11.4 Å². The maximum Gasteiger partial charge on any atom is 0.307 e. The molecule has 1 aliphatic carbocycles. The lowest BCUT2D eigenvalue weighted by molar-refractivity contribution is -0.140. The van der Waals surface area contributed by atoms with Gasteiger partial charge in [-0.15, -0.1) is 0 Å². The normalized spacial score (nSPS) is 27.4. The van der Waals surface area contributed by atoms with Crippen LogP contribution in [0.3, 0.4) is 0 Å². The number of hydrogen-bond acceptors (Lipinski definition) is 3. The van der Waals surface area contributed by atoms with E-state index in [2.05, 4.69) is 5.32 Å². The number of piperidine rings is 1. The summed E-state index contributed by atoms with van der Waals surface area (Å²) in [4.78, 5) is 37.0. The highest BCUT2D eigenvalue weighted by Gasteiger charge is 2.49. The fraction of sp³-hybridized carbons (Fsp3) is 0.438. The molecule has 0 spiro atoms. The van der Waals surface area contributed by atoms with Crippen LogP contribution in [-0.2, 0) is 14.4 Å². The molecule has 0 bridgehead atoms. The number of nitrogens with zero attached hydrogens (tertiary/aromatic N) is 1. The lowest BCUT2D eigenvalue weighted by atomic mass is 10.0. The molecule has 1 aliphatic heterocycles. The summed E-state index contributed by atoms with van der Waals surface area (Å²) in [6.07, 6.45) is 1.77. The van der Waals surface area contributed by atoms with Crippen molar-refractivity contribution in [1.29, 1.82) is 0 Å². The van der Waals surface area contributed by atoms with Crippen LogP contribution in [0.1, 0.15) is 19.3 Å². The molecule has 0 unspecified atom stereocenters. The number of nitrogens with one attached hydrogen (secondary N) is 1. The van der Waals surface area contributed by atoms with Crippen molar-refractivity contribution in [3.05, 3.63) is 30.3 Å². The summed E-state index contributed by atoms with van der Waals surface area (Å²) in [6, 6.07) is 8.79. The molecule has 2 fully saturated rings. The van der Waals surface area contributed by atoms with Crippen molar-refractivity contribution < 1.29 is 19.5 Å². The molecule has 116 valence electrons.